The molecule has 6 nitrogen and oxygen atoms in total. The lowest BCUT2D eigenvalue weighted by molar-refractivity contribution is -0.145. The van der Waals surface area contributed by atoms with Crippen LogP contribution in [0, 0.1) is 17.3 Å². The maximum atomic E-state index is 12.9. The van der Waals surface area contributed by atoms with E-state index in [0.29, 0.717) is 31.0 Å². The van der Waals surface area contributed by atoms with Crippen molar-refractivity contribution in [3.8, 4) is 0 Å². The molecule has 0 radical (unpaired) electrons. The average Bonchev–Trinajstić information content (AvgIpc) is 3.11. The van der Waals surface area contributed by atoms with E-state index in [4.69, 9.17) is 4.74 Å². The summed E-state index contributed by atoms with van der Waals surface area (Å²) in [6.07, 6.45) is 4.93. The van der Waals surface area contributed by atoms with Crippen LogP contribution in [0.5, 0.6) is 0 Å². The Kier molecular flexibility index (Phi) is 5.33. The molecule has 1 atom stereocenters. The Balaban J connectivity index is 1.51. The molecule has 6 heteroatoms. The predicted molar refractivity (Wildman–Crippen MR) is 91.6 cm³/mol. The molecule has 3 heterocycles. The zero-order valence-corrected chi connectivity index (χ0v) is 15.1. The third kappa shape index (κ3) is 3.53. The third-order valence-corrected chi connectivity index (χ3v) is 6.33. The van der Waals surface area contributed by atoms with Crippen LogP contribution in [-0.2, 0) is 9.53 Å². The average molecular weight is 337 g/mol. The minimum Gasteiger partial charge on any atom is -0.381 e. The van der Waals surface area contributed by atoms with Gasteiger partial charge >= 0.3 is 6.03 Å². The molecule has 1 unspecified atom stereocenters. The summed E-state index contributed by atoms with van der Waals surface area (Å²) in [5, 5.41) is 2.71. The van der Waals surface area contributed by atoms with Gasteiger partial charge in [-0.05, 0) is 43.9 Å². The highest BCUT2D eigenvalue weighted by Crippen LogP contribution is 2.37. The van der Waals surface area contributed by atoms with Crippen LogP contribution in [0.2, 0.25) is 0 Å². The summed E-state index contributed by atoms with van der Waals surface area (Å²) < 4.78 is 5.42. The van der Waals surface area contributed by atoms with Crippen molar-refractivity contribution >= 4 is 11.9 Å². The van der Waals surface area contributed by atoms with Crippen LogP contribution in [0.4, 0.5) is 4.79 Å². The number of urea groups is 1. The number of ether oxygens (including phenoxy) is 1. The summed E-state index contributed by atoms with van der Waals surface area (Å²) >= 11 is 0. The van der Waals surface area contributed by atoms with E-state index in [1.165, 1.54) is 0 Å². The lowest BCUT2D eigenvalue weighted by Gasteiger charge is -2.37. The number of carbonyl (C=O) groups is 2. The second-order valence-corrected chi connectivity index (χ2v) is 7.85. The predicted octanol–water partition coefficient (Wildman–Crippen LogP) is 1.70. The van der Waals surface area contributed by atoms with Gasteiger partial charge in [-0.3, -0.25) is 4.79 Å². The highest BCUT2D eigenvalue weighted by molar-refractivity contribution is 5.82. The Morgan fingerprint density at radius 3 is 2.21 bits per heavy atom. The maximum absolute atomic E-state index is 12.9. The fraction of sp³-hybridized carbons (Fsp3) is 0.889. The van der Waals surface area contributed by atoms with Gasteiger partial charge in [-0.1, -0.05) is 6.92 Å². The summed E-state index contributed by atoms with van der Waals surface area (Å²) in [5.74, 6) is 1.58. The van der Waals surface area contributed by atoms with Crippen LogP contribution in [0.3, 0.4) is 0 Å². The van der Waals surface area contributed by atoms with Crippen molar-refractivity contribution < 1.29 is 14.3 Å². The largest absolute Gasteiger partial charge is 0.381 e. The number of amides is 3. The van der Waals surface area contributed by atoms with Crippen LogP contribution in [-0.4, -0.2) is 68.2 Å². The zero-order valence-electron chi connectivity index (χ0n) is 15.1. The summed E-state index contributed by atoms with van der Waals surface area (Å²) in [6, 6.07) is 0.0316. The molecule has 0 saturated carbocycles. The van der Waals surface area contributed by atoms with Crippen molar-refractivity contribution in [3.05, 3.63) is 0 Å². The summed E-state index contributed by atoms with van der Waals surface area (Å²) in [7, 11) is 1.69. The van der Waals surface area contributed by atoms with Gasteiger partial charge in [0.1, 0.15) is 0 Å². The van der Waals surface area contributed by atoms with Crippen LogP contribution in [0.15, 0.2) is 0 Å². The van der Waals surface area contributed by atoms with Crippen molar-refractivity contribution in [1.29, 1.82) is 0 Å². The van der Waals surface area contributed by atoms with E-state index in [0.717, 1.165) is 58.3 Å². The normalized spacial score (nSPS) is 28.0. The van der Waals surface area contributed by atoms with Crippen molar-refractivity contribution in [2.24, 2.45) is 17.3 Å². The van der Waals surface area contributed by atoms with Gasteiger partial charge in [0.05, 0.1) is 5.41 Å². The van der Waals surface area contributed by atoms with E-state index in [1.807, 2.05) is 4.90 Å². The van der Waals surface area contributed by atoms with Gasteiger partial charge in [0, 0.05) is 46.4 Å². The van der Waals surface area contributed by atoms with E-state index >= 15 is 0 Å². The zero-order chi connectivity index (χ0) is 17.2. The molecule has 1 N–H and O–H groups in total. The summed E-state index contributed by atoms with van der Waals surface area (Å²) in [6.45, 7) is 6.99. The van der Waals surface area contributed by atoms with Gasteiger partial charge in [-0.2, -0.15) is 0 Å². The van der Waals surface area contributed by atoms with Gasteiger partial charge in [0.2, 0.25) is 5.91 Å². The first-order valence-corrected chi connectivity index (χ1v) is 9.37. The molecule has 3 rings (SSSR count). The SMILES string of the molecule is CNC(=O)N1CCC(C2CCN(C(=O)C3(C)CCOCC3)C2)CC1. The van der Waals surface area contributed by atoms with Crippen molar-refractivity contribution in [2.75, 3.05) is 46.4 Å². The number of hydrogen-bond acceptors (Lipinski definition) is 3. The Bertz CT molecular complexity index is 468. The van der Waals surface area contributed by atoms with Gasteiger partial charge in [0.15, 0.2) is 0 Å². The molecular formula is C18H31N3O3. The topological polar surface area (TPSA) is 61.9 Å². The molecular weight excluding hydrogens is 306 g/mol. The van der Waals surface area contributed by atoms with Crippen molar-refractivity contribution in [1.82, 2.24) is 15.1 Å². The van der Waals surface area contributed by atoms with E-state index in [9.17, 15) is 9.59 Å². The van der Waals surface area contributed by atoms with Crippen LogP contribution in [0.25, 0.3) is 0 Å². The quantitative estimate of drug-likeness (QED) is 0.834. The van der Waals surface area contributed by atoms with Crippen LogP contribution < -0.4 is 5.32 Å². The van der Waals surface area contributed by atoms with Crippen LogP contribution in [0.1, 0.15) is 39.0 Å². The van der Waals surface area contributed by atoms with Gasteiger partial charge in [-0.15, -0.1) is 0 Å². The Hall–Kier alpha value is -1.30. The number of carbonyl (C=O) groups excluding carboxylic acids is 2. The Morgan fingerprint density at radius 1 is 1.00 bits per heavy atom. The fourth-order valence-corrected chi connectivity index (χ4v) is 4.51. The third-order valence-electron chi connectivity index (χ3n) is 6.33. The first-order chi connectivity index (χ1) is 11.5. The van der Waals surface area contributed by atoms with Gasteiger partial charge < -0.3 is 19.9 Å². The number of rotatable bonds is 2. The van der Waals surface area contributed by atoms with Crippen molar-refractivity contribution in [3.63, 3.8) is 0 Å². The molecule has 3 aliphatic rings. The standard InChI is InChI=1S/C18H31N3O3/c1-18(6-11-24-12-7-18)16(22)21-10-5-15(13-21)14-3-8-20(9-4-14)17(23)19-2/h14-15H,3-13H2,1-2H3,(H,19,23). The van der Waals surface area contributed by atoms with E-state index in [2.05, 4.69) is 17.1 Å². The Labute approximate surface area is 144 Å². The molecule has 3 aliphatic heterocycles. The maximum Gasteiger partial charge on any atom is 0.317 e. The first-order valence-electron chi connectivity index (χ1n) is 9.37. The lowest BCUT2D eigenvalue weighted by atomic mass is 9.81. The van der Waals surface area contributed by atoms with E-state index < -0.39 is 0 Å². The number of likely N-dealkylation sites (tertiary alicyclic amines) is 2. The van der Waals surface area contributed by atoms with E-state index in [1.54, 1.807) is 7.05 Å². The number of hydrogen-bond donors (Lipinski definition) is 1. The molecule has 3 fully saturated rings. The molecule has 0 spiro atoms. The molecule has 3 amide bonds. The number of nitrogens with one attached hydrogen (secondary N) is 1. The fourth-order valence-electron chi connectivity index (χ4n) is 4.51. The Morgan fingerprint density at radius 2 is 1.58 bits per heavy atom. The van der Waals surface area contributed by atoms with Crippen molar-refractivity contribution in [2.45, 2.75) is 39.0 Å². The number of piperidine rings is 1. The molecule has 0 aromatic heterocycles. The number of nitrogens with zero attached hydrogens (tertiary/aromatic N) is 2. The van der Waals surface area contributed by atoms with Crippen LogP contribution >= 0.6 is 0 Å². The lowest BCUT2D eigenvalue weighted by Crippen LogP contribution is -2.46. The molecule has 24 heavy (non-hydrogen) atoms. The highest BCUT2D eigenvalue weighted by Gasteiger charge is 2.42. The summed E-state index contributed by atoms with van der Waals surface area (Å²) in [5.41, 5.74) is -0.226. The van der Waals surface area contributed by atoms with E-state index in [-0.39, 0.29) is 11.4 Å². The first kappa shape index (κ1) is 17.5. The highest BCUT2D eigenvalue weighted by atomic mass is 16.5. The molecule has 136 valence electrons. The molecule has 0 bridgehead atoms. The smallest absolute Gasteiger partial charge is 0.317 e. The minimum absolute atomic E-state index is 0.0316. The minimum atomic E-state index is -0.226. The molecule has 0 aromatic carbocycles. The second kappa shape index (κ2) is 7.30. The molecule has 0 aliphatic carbocycles. The monoisotopic (exact) mass is 337 g/mol. The second-order valence-electron chi connectivity index (χ2n) is 7.85. The molecule has 0 aromatic rings. The van der Waals surface area contributed by atoms with Gasteiger partial charge in [-0.25, -0.2) is 4.79 Å². The summed E-state index contributed by atoms with van der Waals surface area (Å²) in [4.78, 5) is 28.6. The molecule has 3 saturated heterocycles. The van der Waals surface area contributed by atoms with Gasteiger partial charge in [0.25, 0.3) is 0 Å².